The third kappa shape index (κ3) is 3.33. The van der Waals surface area contributed by atoms with E-state index in [0.29, 0.717) is 18.1 Å². The molecule has 24 heavy (non-hydrogen) atoms. The Morgan fingerprint density at radius 1 is 1.33 bits per heavy atom. The van der Waals surface area contributed by atoms with E-state index in [1.807, 2.05) is 31.2 Å². The van der Waals surface area contributed by atoms with Crippen molar-refractivity contribution in [2.75, 3.05) is 6.54 Å². The van der Waals surface area contributed by atoms with E-state index >= 15 is 0 Å². The molecular weight excluding hydrogens is 328 g/mol. The number of amides is 1. The van der Waals surface area contributed by atoms with E-state index < -0.39 is 18.1 Å². The third-order valence-electron chi connectivity index (χ3n) is 3.76. The summed E-state index contributed by atoms with van der Waals surface area (Å²) in [6, 6.07) is 9.19. The molecule has 2 atom stereocenters. The van der Waals surface area contributed by atoms with Crippen LogP contribution in [0.2, 0.25) is 0 Å². The number of hydrogen-bond donors (Lipinski definition) is 2. The van der Waals surface area contributed by atoms with Gasteiger partial charge in [-0.15, -0.1) is 11.3 Å². The molecule has 2 aromatic heterocycles. The number of para-hydroxylation sites is 1. The van der Waals surface area contributed by atoms with Crippen molar-refractivity contribution in [3.8, 4) is 0 Å². The van der Waals surface area contributed by atoms with Crippen molar-refractivity contribution in [1.29, 1.82) is 0 Å². The molecule has 7 heteroatoms. The number of likely N-dealkylation sites (N-methyl/N-ethyl adjacent to an activating group) is 1. The van der Waals surface area contributed by atoms with Crippen LogP contribution < -0.4 is 0 Å². The van der Waals surface area contributed by atoms with Gasteiger partial charge in [-0.1, -0.05) is 12.1 Å². The molecule has 0 saturated carbocycles. The zero-order valence-electron chi connectivity index (χ0n) is 13.1. The maximum Gasteiger partial charge on any atom is 0.254 e. The zero-order chi connectivity index (χ0) is 17.1. The second kappa shape index (κ2) is 7.12. The van der Waals surface area contributed by atoms with Gasteiger partial charge in [-0.25, -0.2) is 4.98 Å². The predicted molar refractivity (Wildman–Crippen MR) is 90.4 cm³/mol. The summed E-state index contributed by atoms with van der Waals surface area (Å²) in [5.41, 5.74) is 1.56. The maximum absolute atomic E-state index is 12.5. The van der Waals surface area contributed by atoms with Gasteiger partial charge in [0, 0.05) is 18.7 Å². The summed E-state index contributed by atoms with van der Waals surface area (Å²) in [6.07, 6.45) is 0.164. The summed E-state index contributed by atoms with van der Waals surface area (Å²) in [7, 11) is 0. The van der Waals surface area contributed by atoms with Gasteiger partial charge in [-0.05, 0) is 25.1 Å². The van der Waals surface area contributed by atoms with Crippen molar-refractivity contribution >= 4 is 27.5 Å². The molecule has 3 rings (SSSR count). The number of nitrogens with zero attached hydrogens (tertiary/aromatic N) is 2. The number of aromatic nitrogens is 1. The quantitative estimate of drug-likeness (QED) is 0.715. The molecule has 1 aromatic carbocycles. The lowest BCUT2D eigenvalue weighted by Gasteiger charge is -2.25. The molecule has 0 saturated heterocycles. The first kappa shape index (κ1) is 16.6. The molecule has 0 aliphatic rings. The number of aliphatic hydroxyl groups is 2. The van der Waals surface area contributed by atoms with Crippen LogP contribution in [0.5, 0.6) is 0 Å². The summed E-state index contributed by atoms with van der Waals surface area (Å²) in [6.45, 7) is 2.54. The number of hydrogen-bond acceptors (Lipinski definition) is 6. The van der Waals surface area contributed by atoms with Gasteiger partial charge in [0.25, 0.3) is 5.91 Å². The average Bonchev–Trinajstić information content (AvgIpc) is 3.26. The molecule has 0 fully saturated rings. The van der Waals surface area contributed by atoms with Crippen LogP contribution in [0.25, 0.3) is 10.2 Å². The molecule has 2 heterocycles. The van der Waals surface area contributed by atoms with Crippen molar-refractivity contribution in [2.45, 2.75) is 25.7 Å². The van der Waals surface area contributed by atoms with Crippen molar-refractivity contribution in [3.05, 3.63) is 53.4 Å². The Morgan fingerprint density at radius 2 is 2.12 bits per heavy atom. The molecular formula is C17H18N2O4S. The molecule has 0 aliphatic heterocycles. The highest BCUT2D eigenvalue weighted by Gasteiger charge is 2.31. The summed E-state index contributed by atoms with van der Waals surface area (Å²) in [5.74, 6) is -0.537. The van der Waals surface area contributed by atoms with Crippen LogP contribution in [0.15, 0.2) is 47.3 Å². The average molecular weight is 346 g/mol. The Bertz CT molecular complexity index is 782. The lowest BCUT2D eigenvalue weighted by Crippen LogP contribution is -2.41. The van der Waals surface area contributed by atoms with E-state index in [0.717, 1.165) is 15.8 Å². The molecule has 0 spiro atoms. The van der Waals surface area contributed by atoms with Crippen molar-refractivity contribution in [3.63, 3.8) is 0 Å². The number of benzene rings is 1. The number of thiazole rings is 1. The van der Waals surface area contributed by atoms with Crippen LogP contribution >= 0.6 is 11.3 Å². The monoisotopic (exact) mass is 346 g/mol. The lowest BCUT2D eigenvalue weighted by molar-refractivity contribution is -0.147. The van der Waals surface area contributed by atoms with Crippen LogP contribution in [0, 0.1) is 0 Å². The fourth-order valence-electron chi connectivity index (χ4n) is 2.42. The highest BCUT2D eigenvalue weighted by molar-refractivity contribution is 7.18. The molecule has 0 bridgehead atoms. The summed E-state index contributed by atoms with van der Waals surface area (Å²) in [5, 5.41) is 21.0. The Balaban J connectivity index is 1.75. The van der Waals surface area contributed by atoms with Gasteiger partial charge < -0.3 is 19.5 Å². The fourth-order valence-corrected chi connectivity index (χ4v) is 3.41. The second-order valence-corrected chi connectivity index (χ2v) is 6.46. The number of rotatable bonds is 6. The molecule has 6 nitrogen and oxygen atoms in total. The highest BCUT2D eigenvalue weighted by atomic mass is 32.1. The second-order valence-electron chi connectivity index (χ2n) is 5.39. The molecule has 0 aliphatic carbocycles. The van der Waals surface area contributed by atoms with Crippen molar-refractivity contribution in [1.82, 2.24) is 9.88 Å². The van der Waals surface area contributed by atoms with E-state index in [1.165, 1.54) is 22.5 Å². The van der Waals surface area contributed by atoms with E-state index in [1.54, 1.807) is 12.3 Å². The molecule has 0 radical (unpaired) electrons. The van der Waals surface area contributed by atoms with Crippen molar-refractivity contribution in [2.24, 2.45) is 0 Å². The number of aliphatic hydroxyl groups excluding tert-OH is 2. The first-order valence-corrected chi connectivity index (χ1v) is 8.43. The Hall–Kier alpha value is -2.22. The predicted octanol–water partition coefficient (Wildman–Crippen LogP) is 2.33. The molecule has 2 unspecified atom stereocenters. The van der Waals surface area contributed by atoms with E-state index in [-0.39, 0.29) is 0 Å². The fraction of sp³-hybridized carbons (Fsp3) is 0.294. The normalized spacial score (nSPS) is 13.8. The summed E-state index contributed by atoms with van der Waals surface area (Å²) >= 11 is 1.27. The van der Waals surface area contributed by atoms with Gasteiger partial charge in [0.1, 0.15) is 11.1 Å². The first-order valence-electron chi connectivity index (χ1n) is 7.61. The van der Waals surface area contributed by atoms with Gasteiger partial charge in [-0.2, -0.15) is 0 Å². The Kier molecular flexibility index (Phi) is 4.94. The smallest absolute Gasteiger partial charge is 0.254 e. The standard InChI is InChI=1S/C17H18N2O4S/c1-2-19(9-11-7-8-23-10-11)17(22)15(21)14(20)16-18-12-5-3-4-6-13(12)24-16/h3-8,10,14-15,20-21H,2,9H2,1H3. The van der Waals surface area contributed by atoms with Crippen LogP contribution in [-0.4, -0.2) is 38.7 Å². The molecule has 2 N–H and O–H groups in total. The number of furan rings is 1. The lowest BCUT2D eigenvalue weighted by atomic mass is 10.1. The highest BCUT2D eigenvalue weighted by Crippen LogP contribution is 2.28. The third-order valence-corrected chi connectivity index (χ3v) is 4.87. The molecule has 3 aromatic rings. The van der Waals surface area contributed by atoms with Crippen LogP contribution in [-0.2, 0) is 11.3 Å². The van der Waals surface area contributed by atoms with Crippen LogP contribution in [0.1, 0.15) is 23.6 Å². The van der Waals surface area contributed by atoms with Gasteiger partial charge >= 0.3 is 0 Å². The Labute approximate surface area is 143 Å². The molecule has 1 amide bonds. The van der Waals surface area contributed by atoms with Gasteiger partial charge in [0.2, 0.25) is 0 Å². The minimum Gasteiger partial charge on any atom is -0.472 e. The minimum absolute atomic E-state index is 0.315. The SMILES string of the molecule is CCN(Cc1ccoc1)C(=O)C(O)C(O)c1nc2ccccc2s1. The van der Waals surface area contributed by atoms with Gasteiger partial charge in [0.05, 0.1) is 22.7 Å². The largest absolute Gasteiger partial charge is 0.472 e. The van der Waals surface area contributed by atoms with Crippen LogP contribution in [0.3, 0.4) is 0 Å². The van der Waals surface area contributed by atoms with E-state index in [2.05, 4.69) is 4.98 Å². The maximum atomic E-state index is 12.5. The zero-order valence-corrected chi connectivity index (χ0v) is 13.9. The number of carbonyl (C=O) groups is 1. The topological polar surface area (TPSA) is 86.8 Å². The Morgan fingerprint density at radius 3 is 2.79 bits per heavy atom. The minimum atomic E-state index is -1.56. The van der Waals surface area contributed by atoms with Gasteiger partial charge in [0.15, 0.2) is 6.10 Å². The van der Waals surface area contributed by atoms with Crippen molar-refractivity contribution < 1.29 is 19.4 Å². The first-order chi connectivity index (χ1) is 11.6. The summed E-state index contributed by atoms with van der Waals surface area (Å²) < 4.78 is 5.89. The van der Waals surface area contributed by atoms with Crippen LogP contribution in [0.4, 0.5) is 0 Å². The number of carbonyl (C=O) groups excluding carboxylic acids is 1. The van der Waals surface area contributed by atoms with E-state index in [4.69, 9.17) is 4.42 Å². The molecule has 126 valence electrons. The summed E-state index contributed by atoms with van der Waals surface area (Å²) in [4.78, 5) is 18.3. The van der Waals surface area contributed by atoms with E-state index in [9.17, 15) is 15.0 Å². The van der Waals surface area contributed by atoms with Gasteiger partial charge in [-0.3, -0.25) is 4.79 Å². The number of fused-ring (bicyclic) bond motifs is 1.